The van der Waals surface area contributed by atoms with E-state index in [1.54, 1.807) is 0 Å². The normalized spacial score (nSPS) is 11.2. The van der Waals surface area contributed by atoms with Crippen molar-refractivity contribution in [2.45, 2.75) is 5.16 Å². The third-order valence-electron chi connectivity index (χ3n) is 3.11. The summed E-state index contributed by atoms with van der Waals surface area (Å²) in [7, 11) is 0. The number of fused-ring (bicyclic) bond motifs is 1. The summed E-state index contributed by atoms with van der Waals surface area (Å²) in [6.07, 6.45) is 1.30. The summed E-state index contributed by atoms with van der Waals surface area (Å²) in [6.45, 7) is 0. The Morgan fingerprint density at radius 3 is 2.92 bits per heavy atom. The molecule has 0 aliphatic carbocycles. The van der Waals surface area contributed by atoms with Gasteiger partial charge in [0.2, 0.25) is 0 Å². The fourth-order valence-corrected chi connectivity index (χ4v) is 2.66. The summed E-state index contributed by atoms with van der Waals surface area (Å²) in [5.74, 6) is -0.311. The summed E-state index contributed by atoms with van der Waals surface area (Å²) in [4.78, 5) is 19.3. The van der Waals surface area contributed by atoms with Gasteiger partial charge in [0, 0.05) is 11.6 Å². The number of aromatic nitrogens is 2. The van der Waals surface area contributed by atoms with Gasteiger partial charge in [-0.1, -0.05) is 23.9 Å². The van der Waals surface area contributed by atoms with E-state index >= 15 is 0 Å². The zero-order valence-corrected chi connectivity index (χ0v) is 13.2. The van der Waals surface area contributed by atoms with E-state index in [0.29, 0.717) is 10.7 Å². The van der Waals surface area contributed by atoms with Crippen LogP contribution in [0.4, 0.5) is 0 Å². The standard InChI is InChI=1S/C16H14N4O3S/c21-11-6-5-10(14(22)7-11)8-17-20-15(23)9-24-16-18-12-3-1-2-4-13(12)19-16/h1-8,21-22H,9H2,(H,18,19)(H,20,23)/b17-8-. The second-order valence-electron chi connectivity index (χ2n) is 4.88. The number of carbonyl (C=O) groups excluding carboxylic acids is 1. The highest BCUT2D eigenvalue weighted by Crippen LogP contribution is 2.21. The highest BCUT2D eigenvalue weighted by molar-refractivity contribution is 7.99. The van der Waals surface area contributed by atoms with E-state index in [2.05, 4.69) is 20.5 Å². The number of benzene rings is 2. The zero-order chi connectivity index (χ0) is 16.9. The topological polar surface area (TPSA) is 111 Å². The van der Waals surface area contributed by atoms with Gasteiger partial charge in [-0.05, 0) is 24.3 Å². The molecule has 0 saturated carbocycles. The van der Waals surface area contributed by atoms with E-state index < -0.39 is 0 Å². The zero-order valence-electron chi connectivity index (χ0n) is 12.4. The summed E-state index contributed by atoms with van der Waals surface area (Å²) in [5, 5.41) is 23.2. The highest BCUT2D eigenvalue weighted by atomic mass is 32.2. The number of phenols is 2. The lowest BCUT2D eigenvalue weighted by molar-refractivity contribution is -0.118. The third kappa shape index (κ3) is 3.85. The number of aromatic hydroxyl groups is 2. The Hall–Kier alpha value is -3.00. The number of amides is 1. The Morgan fingerprint density at radius 1 is 1.29 bits per heavy atom. The molecule has 0 atom stereocenters. The molecule has 0 fully saturated rings. The molecule has 0 spiro atoms. The van der Waals surface area contributed by atoms with Crippen molar-refractivity contribution in [2.24, 2.45) is 5.10 Å². The van der Waals surface area contributed by atoms with Crippen molar-refractivity contribution >= 4 is 34.9 Å². The fraction of sp³-hybridized carbons (Fsp3) is 0.0625. The minimum atomic E-state index is -0.296. The van der Waals surface area contributed by atoms with E-state index in [1.807, 2.05) is 24.3 Å². The first-order valence-corrected chi connectivity index (χ1v) is 8.02. The number of thioether (sulfide) groups is 1. The first-order valence-electron chi connectivity index (χ1n) is 7.03. The number of H-pyrrole nitrogens is 1. The molecule has 0 bridgehead atoms. The molecule has 0 aliphatic heterocycles. The van der Waals surface area contributed by atoms with E-state index in [9.17, 15) is 15.0 Å². The summed E-state index contributed by atoms with van der Waals surface area (Å²) in [6, 6.07) is 11.7. The molecular weight excluding hydrogens is 328 g/mol. The van der Waals surface area contributed by atoms with E-state index in [1.165, 1.54) is 36.2 Å². The Balaban J connectivity index is 1.53. The van der Waals surface area contributed by atoms with Crippen LogP contribution in [0.3, 0.4) is 0 Å². The molecule has 0 unspecified atom stereocenters. The van der Waals surface area contributed by atoms with Gasteiger partial charge in [-0.15, -0.1) is 0 Å². The van der Waals surface area contributed by atoms with Gasteiger partial charge in [0.25, 0.3) is 5.91 Å². The van der Waals surface area contributed by atoms with Gasteiger partial charge >= 0.3 is 0 Å². The van der Waals surface area contributed by atoms with Gasteiger partial charge in [-0.3, -0.25) is 4.79 Å². The summed E-state index contributed by atoms with van der Waals surface area (Å²) < 4.78 is 0. The van der Waals surface area contributed by atoms with Crippen molar-refractivity contribution in [1.82, 2.24) is 15.4 Å². The van der Waals surface area contributed by atoms with Crippen LogP contribution in [0.5, 0.6) is 11.5 Å². The minimum absolute atomic E-state index is 0.0454. The predicted molar refractivity (Wildman–Crippen MR) is 92.3 cm³/mol. The first-order chi connectivity index (χ1) is 11.6. The number of carbonyl (C=O) groups is 1. The molecule has 7 nitrogen and oxygen atoms in total. The number of hydrogen-bond donors (Lipinski definition) is 4. The maximum atomic E-state index is 11.8. The molecule has 122 valence electrons. The molecular formula is C16H14N4O3S. The highest BCUT2D eigenvalue weighted by Gasteiger charge is 2.06. The average Bonchev–Trinajstić information content (AvgIpc) is 2.98. The van der Waals surface area contributed by atoms with E-state index in [-0.39, 0.29) is 23.2 Å². The van der Waals surface area contributed by atoms with Crippen molar-refractivity contribution in [3.63, 3.8) is 0 Å². The molecule has 8 heteroatoms. The molecule has 1 heterocycles. The maximum absolute atomic E-state index is 11.8. The smallest absolute Gasteiger partial charge is 0.250 e. The largest absolute Gasteiger partial charge is 0.508 e. The molecule has 0 radical (unpaired) electrons. The molecule has 3 aromatic rings. The van der Waals surface area contributed by atoms with Crippen LogP contribution in [0.2, 0.25) is 0 Å². The second kappa shape index (κ2) is 7.05. The number of hydrazone groups is 1. The number of hydrogen-bond acceptors (Lipinski definition) is 6. The van der Waals surface area contributed by atoms with Gasteiger partial charge in [0.15, 0.2) is 5.16 Å². The number of nitrogens with one attached hydrogen (secondary N) is 2. The van der Waals surface area contributed by atoms with Crippen LogP contribution < -0.4 is 5.43 Å². The minimum Gasteiger partial charge on any atom is -0.508 e. The Labute approximate surface area is 141 Å². The van der Waals surface area contributed by atoms with Crippen molar-refractivity contribution in [2.75, 3.05) is 5.75 Å². The molecule has 1 amide bonds. The van der Waals surface area contributed by atoms with Crippen LogP contribution >= 0.6 is 11.8 Å². The van der Waals surface area contributed by atoms with Gasteiger partial charge in [0.1, 0.15) is 11.5 Å². The van der Waals surface area contributed by atoms with E-state index in [4.69, 9.17) is 0 Å². The predicted octanol–water partition coefficient (Wildman–Crippen LogP) is 2.22. The number of para-hydroxylation sites is 2. The van der Waals surface area contributed by atoms with Gasteiger partial charge in [0.05, 0.1) is 23.0 Å². The second-order valence-corrected chi connectivity index (χ2v) is 5.85. The first kappa shape index (κ1) is 15.9. The summed E-state index contributed by atoms with van der Waals surface area (Å²) >= 11 is 1.27. The van der Waals surface area contributed by atoms with Crippen molar-refractivity contribution in [3.8, 4) is 11.5 Å². The maximum Gasteiger partial charge on any atom is 0.250 e. The lowest BCUT2D eigenvalue weighted by Gasteiger charge is -2.00. The molecule has 0 saturated heterocycles. The van der Waals surface area contributed by atoms with Crippen molar-refractivity contribution in [1.29, 1.82) is 0 Å². The lowest BCUT2D eigenvalue weighted by Crippen LogP contribution is -2.19. The van der Waals surface area contributed by atoms with Gasteiger partial charge in [-0.25, -0.2) is 10.4 Å². The molecule has 24 heavy (non-hydrogen) atoms. The van der Waals surface area contributed by atoms with Crippen LogP contribution in [0.15, 0.2) is 52.7 Å². The number of phenolic OH excluding ortho intramolecular Hbond substituents is 2. The monoisotopic (exact) mass is 342 g/mol. The van der Waals surface area contributed by atoms with Gasteiger partial charge < -0.3 is 15.2 Å². The Bertz CT molecular complexity index is 874. The van der Waals surface area contributed by atoms with Crippen molar-refractivity contribution < 1.29 is 15.0 Å². The van der Waals surface area contributed by atoms with Crippen molar-refractivity contribution in [3.05, 3.63) is 48.0 Å². The van der Waals surface area contributed by atoms with E-state index in [0.717, 1.165) is 11.0 Å². The Kier molecular flexibility index (Phi) is 4.66. The Morgan fingerprint density at radius 2 is 2.12 bits per heavy atom. The average molecular weight is 342 g/mol. The van der Waals surface area contributed by atoms with Crippen LogP contribution in [0.25, 0.3) is 11.0 Å². The molecule has 0 aliphatic rings. The quantitative estimate of drug-likeness (QED) is 0.323. The number of imidazole rings is 1. The summed E-state index contributed by atoms with van der Waals surface area (Å²) in [5.41, 5.74) is 4.52. The third-order valence-corrected chi connectivity index (χ3v) is 3.99. The fourth-order valence-electron chi connectivity index (χ4n) is 1.98. The SMILES string of the molecule is O=C(CSc1nc2ccccc2[nH]1)N/N=C\c1ccc(O)cc1O. The van der Waals surface area contributed by atoms with Crippen LogP contribution in [0.1, 0.15) is 5.56 Å². The molecule has 3 rings (SSSR count). The molecule has 2 aromatic carbocycles. The van der Waals surface area contributed by atoms with Crippen LogP contribution in [-0.4, -0.2) is 38.1 Å². The number of aromatic amines is 1. The molecule has 1 aromatic heterocycles. The molecule has 4 N–H and O–H groups in total. The number of rotatable bonds is 5. The van der Waals surface area contributed by atoms with Crippen LogP contribution in [-0.2, 0) is 4.79 Å². The number of nitrogens with zero attached hydrogens (tertiary/aromatic N) is 2. The van der Waals surface area contributed by atoms with Crippen LogP contribution in [0, 0.1) is 0 Å². The van der Waals surface area contributed by atoms with Gasteiger partial charge in [-0.2, -0.15) is 5.10 Å². The lowest BCUT2D eigenvalue weighted by atomic mass is 10.2.